The van der Waals surface area contributed by atoms with Crippen molar-refractivity contribution in [3.05, 3.63) is 0 Å². The van der Waals surface area contributed by atoms with Gasteiger partial charge >= 0.3 is 0 Å². The summed E-state index contributed by atoms with van der Waals surface area (Å²) in [6, 6.07) is 0. The Kier molecular flexibility index (Phi) is 12.2. The highest BCUT2D eigenvalue weighted by molar-refractivity contribution is 5.57. The number of hydrogen-bond donors (Lipinski definition) is 8. The third-order valence-electron chi connectivity index (χ3n) is 2.67. The standard InChI is InChI=1S/2C6H12O5/c2*1-3(8)5(10)6(11)4(9)2-7/h2*2-6,8-11H,1H3/t2*3-,4-,5-,6-/m10/s1. The zero-order chi connectivity index (χ0) is 18.0. The van der Waals surface area contributed by atoms with Crippen LogP contribution in [0, 0.1) is 0 Å². The highest BCUT2D eigenvalue weighted by atomic mass is 16.4. The molecule has 8 atom stereocenters. The van der Waals surface area contributed by atoms with E-state index in [9.17, 15) is 9.59 Å². The van der Waals surface area contributed by atoms with Crippen LogP contribution in [0.3, 0.4) is 0 Å². The maximum absolute atomic E-state index is 9.87. The van der Waals surface area contributed by atoms with Crippen molar-refractivity contribution in [3.8, 4) is 0 Å². The molecule has 0 aromatic carbocycles. The van der Waals surface area contributed by atoms with Crippen molar-refractivity contribution >= 4 is 12.6 Å². The number of aliphatic hydroxyl groups excluding tert-OH is 8. The van der Waals surface area contributed by atoms with Gasteiger partial charge in [0.15, 0.2) is 12.6 Å². The molecule has 22 heavy (non-hydrogen) atoms. The molecule has 10 heteroatoms. The minimum atomic E-state index is -1.65. The molecular weight excluding hydrogens is 304 g/mol. The summed E-state index contributed by atoms with van der Waals surface area (Å²) in [5.41, 5.74) is 0. The summed E-state index contributed by atoms with van der Waals surface area (Å²) < 4.78 is 0. The van der Waals surface area contributed by atoms with Gasteiger partial charge in [-0.05, 0) is 13.8 Å². The van der Waals surface area contributed by atoms with E-state index in [1.165, 1.54) is 13.8 Å². The maximum atomic E-state index is 9.87. The molecule has 8 N–H and O–H groups in total. The fourth-order valence-electron chi connectivity index (χ4n) is 1.14. The quantitative estimate of drug-likeness (QED) is 0.200. The van der Waals surface area contributed by atoms with Crippen LogP contribution >= 0.6 is 0 Å². The van der Waals surface area contributed by atoms with Crippen LogP contribution in [0.15, 0.2) is 0 Å². The summed E-state index contributed by atoms with van der Waals surface area (Å²) >= 11 is 0. The Morgan fingerprint density at radius 1 is 0.545 bits per heavy atom. The fourth-order valence-corrected chi connectivity index (χ4v) is 1.14. The lowest BCUT2D eigenvalue weighted by Crippen LogP contribution is -2.43. The zero-order valence-corrected chi connectivity index (χ0v) is 12.2. The molecule has 0 aliphatic rings. The van der Waals surface area contributed by atoms with Crippen molar-refractivity contribution in [3.63, 3.8) is 0 Å². The number of rotatable bonds is 8. The van der Waals surface area contributed by atoms with E-state index in [2.05, 4.69) is 0 Å². The first-order valence-electron chi connectivity index (χ1n) is 6.36. The van der Waals surface area contributed by atoms with Gasteiger partial charge in [0, 0.05) is 0 Å². The highest BCUT2D eigenvalue weighted by Gasteiger charge is 2.28. The molecule has 132 valence electrons. The highest BCUT2D eigenvalue weighted by Crippen LogP contribution is 2.03. The molecule has 0 unspecified atom stereocenters. The summed E-state index contributed by atoms with van der Waals surface area (Å²) in [5.74, 6) is 0. The molecule has 10 nitrogen and oxygen atoms in total. The molecule has 0 amide bonds. The van der Waals surface area contributed by atoms with Crippen LogP contribution in [-0.2, 0) is 9.59 Å². The van der Waals surface area contributed by atoms with Gasteiger partial charge in [0.25, 0.3) is 0 Å². The summed E-state index contributed by atoms with van der Waals surface area (Å²) in [6.07, 6.45) is -11.8. The largest absolute Gasteiger partial charge is 0.391 e. The first-order chi connectivity index (χ1) is 10.0. The minimum absolute atomic E-state index is 0.0935. The van der Waals surface area contributed by atoms with Gasteiger partial charge in [-0.2, -0.15) is 0 Å². The second kappa shape index (κ2) is 11.6. The van der Waals surface area contributed by atoms with Crippen LogP contribution in [0.2, 0.25) is 0 Å². The van der Waals surface area contributed by atoms with Gasteiger partial charge in [-0.25, -0.2) is 0 Å². The monoisotopic (exact) mass is 328 g/mol. The lowest BCUT2D eigenvalue weighted by atomic mass is 10.1. The van der Waals surface area contributed by atoms with Crippen molar-refractivity contribution in [1.82, 2.24) is 0 Å². The van der Waals surface area contributed by atoms with Crippen LogP contribution < -0.4 is 0 Å². The van der Waals surface area contributed by atoms with E-state index >= 15 is 0 Å². The summed E-state index contributed by atoms with van der Waals surface area (Å²) in [6.45, 7) is 2.48. The lowest BCUT2D eigenvalue weighted by Gasteiger charge is -2.21. The molecule has 0 heterocycles. The molecule has 0 bridgehead atoms. The number of aliphatic hydroxyl groups is 8. The Balaban J connectivity index is 0. The van der Waals surface area contributed by atoms with E-state index in [1.54, 1.807) is 0 Å². The van der Waals surface area contributed by atoms with Gasteiger partial charge in [0.1, 0.15) is 36.6 Å². The van der Waals surface area contributed by atoms with Gasteiger partial charge in [0.2, 0.25) is 0 Å². The molecule has 0 saturated heterocycles. The molecule has 0 aliphatic carbocycles. The number of aldehydes is 2. The summed E-state index contributed by atoms with van der Waals surface area (Å²) in [5, 5.41) is 70.2. The third kappa shape index (κ3) is 8.46. The van der Waals surface area contributed by atoms with Crippen LogP contribution in [0.25, 0.3) is 0 Å². The third-order valence-corrected chi connectivity index (χ3v) is 2.67. The average Bonchev–Trinajstić information content (AvgIpc) is 2.50. The molecule has 0 aromatic rings. The number of carbonyl (C=O) groups excluding carboxylic acids is 2. The van der Waals surface area contributed by atoms with E-state index in [-0.39, 0.29) is 12.6 Å². The Bertz CT molecular complexity index is 278. The van der Waals surface area contributed by atoms with Crippen molar-refractivity contribution in [2.45, 2.75) is 62.7 Å². The summed E-state index contributed by atoms with van der Waals surface area (Å²) in [7, 11) is 0. The predicted molar refractivity (Wildman–Crippen MR) is 71.5 cm³/mol. The molecule has 0 aromatic heterocycles. The van der Waals surface area contributed by atoms with E-state index in [4.69, 9.17) is 40.9 Å². The molecule has 0 saturated carbocycles. The van der Waals surface area contributed by atoms with Crippen molar-refractivity contribution < 1.29 is 50.4 Å². The van der Waals surface area contributed by atoms with Gasteiger partial charge in [-0.15, -0.1) is 0 Å². The van der Waals surface area contributed by atoms with Crippen LogP contribution in [0.1, 0.15) is 13.8 Å². The molecule has 0 rings (SSSR count). The second-order valence-corrected chi connectivity index (χ2v) is 4.70. The van der Waals surface area contributed by atoms with E-state index < -0.39 is 48.8 Å². The predicted octanol–water partition coefficient (Wildman–Crippen LogP) is -4.70. The topological polar surface area (TPSA) is 196 Å². The molecule has 0 radical (unpaired) electrons. The SMILES string of the molecule is C[C@@H](O)[C@@H](O)[C@H](O)[C@H](O)C=O.C[C@H](O)[C@H](O)[C@@H](O)[C@@H](O)C=O. The molecule has 0 fully saturated rings. The number of hydrogen-bond acceptors (Lipinski definition) is 10. The van der Waals surface area contributed by atoms with Crippen molar-refractivity contribution in [1.29, 1.82) is 0 Å². The Hall–Kier alpha value is -0.980. The van der Waals surface area contributed by atoms with Crippen LogP contribution in [-0.4, -0.2) is 102 Å². The normalized spacial score (nSPS) is 21.9. The first-order valence-corrected chi connectivity index (χ1v) is 6.36. The lowest BCUT2D eigenvalue weighted by molar-refractivity contribution is -0.132. The maximum Gasteiger partial charge on any atom is 0.151 e. The van der Waals surface area contributed by atoms with Crippen molar-refractivity contribution in [2.75, 3.05) is 0 Å². The van der Waals surface area contributed by atoms with Gasteiger partial charge < -0.3 is 50.4 Å². The molecular formula is C12H24O10. The fraction of sp³-hybridized carbons (Fsp3) is 0.833. The van der Waals surface area contributed by atoms with Gasteiger partial charge in [-0.1, -0.05) is 0 Å². The summed E-state index contributed by atoms with van der Waals surface area (Å²) in [4.78, 5) is 19.7. The number of carbonyl (C=O) groups is 2. The van der Waals surface area contributed by atoms with Crippen LogP contribution in [0.5, 0.6) is 0 Å². The van der Waals surface area contributed by atoms with E-state index in [0.717, 1.165) is 0 Å². The Morgan fingerprint density at radius 2 is 0.773 bits per heavy atom. The first kappa shape index (κ1) is 23.3. The molecule has 0 spiro atoms. The van der Waals surface area contributed by atoms with E-state index in [1.807, 2.05) is 0 Å². The van der Waals surface area contributed by atoms with Crippen LogP contribution in [0.4, 0.5) is 0 Å². The Morgan fingerprint density at radius 3 is 0.909 bits per heavy atom. The molecule has 0 aliphatic heterocycles. The van der Waals surface area contributed by atoms with Crippen molar-refractivity contribution in [2.24, 2.45) is 0 Å². The zero-order valence-electron chi connectivity index (χ0n) is 12.2. The minimum Gasteiger partial charge on any atom is -0.391 e. The van der Waals surface area contributed by atoms with E-state index in [0.29, 0.717) is 0 Å². The van der Waals surface area contributed by atoms with Gasteiger partial charge in [-0.3, -0.25) is 0 Å². The Labute approximate surface area is 126 Å². The van der Waals surface area contributed by atoms with Gasteiger partial charge in [0.05, 0.1) is 12.2 Å². The second-order valence-electron chi connectivity index (χ2n) is 4.70. The average molecular weight is 328 g/mol. The smallest absolute Gasteiger partial charge is 0.151 e.